The molecule has 2 amide bonds. The van der Waals surface area contributed by atoms with E-state index in [0.717, 1.165) is 36.6 Å². The normalized spacial score (nSPS) is 15.3. The predicted octanol–water partition coefficient (Wildman–Crippen LogP) is 2.91. The van der Waals surface area contributed by atoms with E-state index in [1.54, 1.807) is 22.9 Å². The first-order chi connectivity index (χ1) is 15.6. The van der Waals surface area contributed by atoms with Crippen LogP contribution in [0.5, 0.6) is 5.75 Å². The van der Waals surface area contributed by atoms with E-state index in [4.69, 9.17) is 9.47 Å². The summed E-state index contributed by atoms with van der Waals surface area (Å²) in [7, 11) is 1.83. The first kappa shape index (κ1) is 22.1. The number of amides is 2. The van der Waals surface area contributed by atoms with Crippen LogP contribution in [0.1, 0.15) is 16.8 Å². The Balaban J connectivity index is 1.29. The summed E-state index contributed by atoms with van der Waals surface area (Å²) >= 11 is 1.33. The molecule has 0 saturated carbocycles. The number of ether oxygens (including phenoxy) is 2. The van der Waals surface area contributed by atoms with Crippen molar-refractivity contribution < 1.29 is 19.1 Å². The Hall–Kier alpha value is -3.11. The monoisotopic (exact) mass is 451 g/mol. The number of anilines is 1. The maximum atomic E-state index is 12.2. The van der Waals surface area contributed by atoms with Crippen LogP contribution in [0.15, 0.2) is 48.1 Å². The van der Waals surface area contributed by atoms with Crippen LogP contribution in [0.25, 0.3) is 11.3 Å². The Kier molecular flexibility index (Phi) is 7.23. The van der Waals surface area contributed by atoms with Gasteiger partial charge in [0, 0.05) is 29.7 Å². The maximum absolute atomic E-state index is 12.2. The number of hydrogen-bond acceptors (Lipinski definition) is 6. The van der Waals surface area contributed by atoms with Gasteiger partial charge in [-0.25, -0.2) is 4.98 Å². The second-order valence-corrected chi connectivity index (χ2v) is 8.30. The van der Waals surface area contributed by atoms with Crippen molar-refractivity contribution in [2.75, 3.05) is 31.7 Å². The lowest BCUT2D eigenvalue weighted by Crippen LogP contribution is -2.32. The lowest BCUT2D eigenvalue weighted by Gasteiger charge is -2.10. The number of carbonyl (C=O) groups is 2. The summed E-state index contributed by atoms with van der Waals surface area (Å²) in [6, 6.07) is 9.43. The van der Waals surface area contributed by atoms with Crippen LogP contribution in [-0.2, 0) is 9.53 Å². The van der Waals surface area contributed by atoms with Crippen molar-refractivity contribution in [1.82, 2.24) is 14.8 Å². The number of benzene rings is 1. The van der Waals surface area contributed by atoms with E-state index in [-0.39, 0.29) is 18.4 Å². The van der Waals surface area contributed by atoms with E-state index in [2.05, 4.69) is 15.6 Å². The second-order valence-electron chi connectivity index (χ2n) is 7.44. The molecule has 165 valence electrons. The number of thiazole rings is 1. The fourth-order valence-electron chi connectivity index (χ4n) is 3.27. The van der Waals surface area contributed by atoms with E-state index < -0.39 is 0 Å². The van der Waals surface area contributed by atoms with Crippen molar-refractivity contribution in [3.8, 4) is 17.0 Å². The van der Waals surface area contributed by atoms with Crippen molar-refractivity contribution in [3.05, 3.63) is 53.7 Å². The standard InChI is InChI=1S/C22H24BN4O4S/c1-23-27-7-5-17(11-27)21(29)24-10-20(28)26-22-25-19(14-32-22)16-3-2-4-18(9-16)31-13-15-6-8-30-12-15/h2-5,7,9,11,14-15H,6,8,10,12-13H2,1H3,(H,24,29)(H,25,26,28). The van der Waals surface area contributed by atoms with Crippen molar-refractivity contribution >= 4 is 35.7 Å². The third-order valence-corrected chi connectivity index (χ3v) is 5.83. The quantitative estimate of drug-likeness (QED) is 0.488. The van der Waals surface area contributed by atoms with Crippen LogP contribution in [0.4, 0.5) is 5.13 Å². The molecule has 1 atom stereocenters. The molecule has 1 radical (unpaired) electrons. The molecule has 10 heteroatoms. The molecule has 2 N–H and O–H groups in total. The molecule has 1 saturated heterocycles. The number of carbonyl (C=O) groups excluding carboxylic acids is 2. The number of rotatable bonds is 9. The average Bonchev–Trinajstić information content (AvgIpc) is 3.58. The van der Waals surface area contributed by atoms with Crippen molar-refractivity contribution in [3.63, 3.8) is 0 Å². The van der Waals surface area contributed by atoms with Gasteiger partial charge in [-0.15, -0.1) is 11.3 Å². The van der Waals surface area contributed by atoms with Gasteiger partial charge in [-0.2, -0.15) is 0 Å². The SMILES string of the molecule is C[B]n1ccc(C(=O)NCC(=O)Nc2nc(-c3cccc(OCC4CCOC4)c3)cs2)c1. The van der Waals surface area contributed by atoms with Crippen LogP contribution in [0.3, 0.4) is 0 Å². The van der Waals surface area contributed by atoms with Crippen molar-refractivity contribution in [2.45, 2.75) is 13.2 Å². The average molecular weight is 451 g/mol. The first-order valence-electron chi connectivity index (χ1n) is 10.4. The molecular weight excluding hydrogens is 427 g/mol. The minimum atomic E-state index is -0.336. The highest BCUT2D eigenvalue weighted by Gasteiger charge is 2.16. The lowest BCUT2D eigenvalue weighted by molar-refractivity contribution is -0.115. The second kappa shape index (κ2) is 10.5. The highest BCUT2D eigenvalue weighted by atomic mass is 32.1. The fraction of sp³-hybridized carbons (Fsp3) is 0.318. The van der Waals surface area contributed by atoms with Crippen LogP contribution in [0.2, 0.25) is 6.82 Å². The zero-order valence-electron chi connectivity index (χ0n) is 17.7. The van der Waals surface area contributed by atoms with Gasteiger partial charge >= 0.3 is 0 Å². The summed E-state index contributed by atoms with van der Waals surface area (Å²) in [4.78, 5) is 28.8. The third-order valence-electron chi connectivity index (χ3n) is 5.07. The predicted molar refractivity (Wildman–Crippen MR) is 124 cm³/mol. The lowest BCUT2D eigenvalue weighted by atomic mass is 10.0. The molecule has 1 aromatic carbocycles. The Bertz CT molecular complexity index is 1080. The Morgan fingerprint density at radius 3 is 3.06 bits per heavy atom. The van der Waals surface area contributed by atoms with Gasteiger partial charge in [0.25, 0.3) is 5.91 Å². The number of aromatic nitrogens is 2. The summed E-state index contributed by atoms with van der Waals surface area (Å²) in [5.41, 5.74) is 2.16. The van der Waals surface area contributed by atoms with Crippen molar-refractivity contribution in [1.29, 1.82) is 0 Å². The van der Waals surface area contributed by atoms with Crippen LogP contribution in [0, 0.1) is 5.92 Å². The smallest absolute Gasteiger partial charge is 0.253 e. The fourth-order valence-corrected chi connectivity index (χ4v) is 4.01. The van der Waals surface area contributed by atoms with Crippen LogP contribution in [-0.4, -0.2) is 55.1 Å². The summed E-state index contributed by atoms with van der Waals surface area (Å²) in [5.74, 6) is 0.577. The highest BCUT2D eigenvalue weighted by Crippen LogP contribution is 2.28. The number of hydrogen-bond donors (Lipinski definition) is 2. The third kappa shape index (κ3) is 5.77. The summed E-state index contributed by atoms with van der Waals surface area (Å²) in [6.45, 7) is 3.92. The number of nitrogens with one attached hydrogen (secondary N) is 2. The summed E-state index contributed by atoms with van der Waals surface area (Å²) < 4.78 is 13.1. The van der Waals surface area contributed by atoms with Gasteiger partial charge in [-0.05, 0) is 30.8 Å². The zero-order chi connectivity index (χ0) is 22.3. The molecule has 0 aliphatic carbocycles. The molecule has 0 spiro atoms. The molecule has 0 bridgehead atoms. The molecule has 2 aromatic heterocycles. The topological polar surface area (TPSA) is 94.5 Å². The minimum Gasteiger partial charge on any atom is -0.493 e. The molecule has 3 heterocycles. The Labute approximate surface area is 191 Å². The highest BCUT2D eigenvalue weighted by molar-refractivity contribution is 7.14. The molecular formula is C22H24BN4O4S. The van der Waals surface area contributed by atoms with E-state index in [1.807, 2.05) is 43.9 Å². The molecule has 1 aliphatic heterocycles. The minimum absolute atomic E-state index is 0.136. The Morgan fingerprint density at radius 1 is 1.38 bits per heavy atom. The summed E-state index contributed by atoms with van der Waals surface area (Å²) in [5, 5.41) is 7.69. The van der Waals surface area contributed by atoms with Crippen molar-refractivity contribution in [2.24, 2.45) is 5.92 Å². The van der Waals surface area contributed by atoms with Gasteiger partial charge in [-0.3, -0.25) is 9.59 Å². The van der Waals surface area contributed by atoms with E-state index >= 15 is 0 Å². The van der Waals surface area contributed by atoms with Gasteiger partial charge in [0.15, 0.2) is 5.13 Å². The maximum Gasteiger partial charge on any atom is 0.253 e. The largest absolute Gasteiger partial charge is 0.493 e. The van der Waals surface area contributed by atoms with Gasteiger partial charge in [0.05, 0.1) is 31.0 Å². The molecule has 1 fully saturated rings. The molecule has 32 heavy (non-hydrogen) atoms. The van der Waals surface area contributed by atoms with E-state index in [0.29, 0.717) is 23.2 Å². The number of nitrogens with zero attached hydrogens (tertiary/aromatic N) is 2. The molecule has 8 nitrogen and oxygen atoms in total. The van der Waals surface area contributed by atoms with Gasteiger partial charge < -0.3 is 24.6 Å². The van der Waals surface area contributed by atoms with E-state index in [9.17, 15) is 9.59 Å². The summed E-state index contributed by atoms with van der Waals surface area (Å²) in [6.07, 6.45) is 4.49. The van der Waals surface area contributed by atoms with Gasteiger partial charge in [0.1, 0.15) is 5.75 Å². The Morgan fingerprint density at radius 2 is 2.28 bits per heavy atom. The molecule has 1 unspecified atom stereocenters. The van der Waals surface area contributed by atoms with Crippen LogP contribution >= 0.6 is 11.3 Å². The zero-order valence-corrected chi connectivity index (χ0v) is 18.6. The van der Waals surface area contributed by atoms with Crippen LogP contribution < -0.4 is 15.4 Å². The molecule has 4 rings (SSSR count). The molecule has 1 aliphatic rings. The van der Waals surface area contributed by atoms with E-state index in [1.165, 1.54) is 11.3 Å². The van der Waals surface area contributed by atoms with Gasteiger partial charge in [0.2, 0.25) is 13.3 Å². The first-order valence-corrected chi connectivity index (χ1v) is 11.3. The van der Waals surface area contributed by atoms with Gasteiger partial charge in [-0.1, -0.05) is 19.0 Å². The molecule has 3 aromatic rings.